The fourth-order valence-electron chi connectivity index (χ4n) is 5.07. The zero-order valence-electron chi connectivity index (χ0n) is 26.0. The Hall–Kier alpha value is -3.41. The van der Waals surface area contributed by atoms with Crippen molar-refractivity contribution in [2.24, 2.45) is 12.8 Å². The number of aryl methyl sites for hydroxylation is 2. The van der Waals surface area contributed by atoms with E-state index in [0.29, 0.717) is 49.7 Å². The van der Waals surface area contributed by atoms with Crippen molar-refractivity contribution < 1.29 is 23.5 Å². The Balaban J connectivity index is 1.71. The maximum absolute atomic E-state index is 13.4. The molecule has 4 N–H and O–H groups in total. The maximum Gasteiger partial charge on any atom is 0.328 e. The number of anilines is 1. The van der Waals surface area contributed by atoms with Crippen molar-refractivity contribution in [1.29, 1.82) is 0 Å². The summed E-state index contributed by atoms with van der Waals surface area (Å²) in [6.07, 6.45) is 1.73. The number of hydrogen-bond donors (Lipinski definition) is 3. The highest BCUT2D eigenvalue weighted by molar-refractivity contribution is 6.18. The third-order valence-electron chi connectivity index (χ3n) is 7.49. The number of nitrogens with zero attached hydrogens (tertiary/aromatic N) is 3. The van der Waals surface area contributed by atoms with E-state index >= 15 is 0 Å². The Morgan fingerprint density at radius 3 is 2.29 bits per heavy atom. The van der Waals surface area contributed by atoms with Crippen LogP contribution in [0.15, 0.2) is 42.5 Å². The molecule has 0 aliphatic heterocycles. The summed E-state index contributed by atoms with van der Waals surface area (Å²) < 4.78 is 20.5. The smallest absolute Gasteiger partial charge is 0.328 e. The molecule has 0 aliphatic rings. The minimum absolute atomic E-state index is 0.148. The summed E-state index contributed by atoms with van der Waals surface area (Å²) in [5.41, 5.74) is 9.47. The molecular formula is C32H43Cl2FN6O4. The molecule has 0 bridgehead atoms. The number of esters is 1. The van der Waals surface area contributed by atoms with E-state index in [1.807, 2.05) is 36.7 Å². The number of carbonyl (C=O) groups is 3. The van der Waals surface area contributed by atoms with E-state index in [-0.39, 0.29) is 25.3 Å². The Bertz CT molecular complexity index is 1410. The standard InChI is InChI=1S/C32H43Cl2FN6O4/c1-4-6-25(38-30(42)24(36)19-21-7-9-22(35)10-8-21)31(43)39-26(32(44)45-5-2)12-14-29-37-27-20-23(11-13-28(27)40(29)3)41(17-15-33)18-16-34/h7-11,13,20,24-26H,4-6,12,14-19,36H2,1-3H3,(H,38,42)(H,39,43)/t24-,25+,26-/m0/s1. The zero-order chi connectivity index (χ0) is 32.9. The number of ether oxygens (including phenoxy) is 1. The summed E-state index contributed by atoms with van der Waals surface area (Å²) in [5.74, 6) is -0.313. The molecule has 3 atom stereocenters. The molecule has 2 aromatic carbocycles. The van der Waals surface area contributed by atoms with Crippen molar-refractivity contribution >= 4 is 57.7 Å². The summed E-state index contributed by atoms with van der Waals surface area (Å²) in [5, 5.41) is 5.50. The van der Waals surface area contributed by atoms with E-state index in [1.165, 1.54) is 12.1 Å². The van der Waals surface area contributed by atoms with Gasteiger partial charge in [-0.3, -0.25) is 9.59 Å². The largest absolute Gasteiger partial charge is 0.464 e. The van der Waals surface area contributed by atoms with Crippen LogP contribution < -0.4 is 21.3 Å². The number of carbonyl (C=O) groups excluding carboxylic acids is 3. The number of alkyl halides is 2. The van der Waals surface area contributed by atoms with Crippen molar-refractivity contribution in [2.45, 2.75) is 64.1 Å². The van der Waals surface area contributed by atoms with Crippen molar-refractivity contribution in [1.82, 2.24) is 20.2 Å². The molecule has 3 rings (SSSR count). The summed E-state index contributed by atoms with van der Waals surface area (Å²) in [6.45, 7) is 5.03. The monoisotopic (exact) mass is 664 g/mol. The number of fused-ring (bicyclic) bond motifs is 1. The van der Waals surface area contributed by atoms with Gasteiger partial charge in [0.05, 0.1) is 23.7 Å². The normalized spacial score (nSPS) is 13.2. The van der Waals surface area contributed by atoms with Crippen molar-refractivity contribution in [3.05, 3.63) is 59.7 Å². The van der Waals surface area contributed by atoms with Gasteiger partial charge >= 0.3 is 5.97 Å². The van der Waals surface area contributed by atoms with Crippen molar-refractivity contribution in [3.63, 3.8) is 0 Å². The van der Waals surface area contributed by atoms with E-state index in [0.717, 1.165) is 22.5 Å². The van der Waals surface area contributed by atoms with Gasteiger partial charge in [-0.15, -0.1) is 23.2 Å². The van der Waals surface area contributed by atoms with Crippen molar-refractivity contribution in [2.75, 3.05) is 36.4 Å². The quantitative estimate of drug-likeness (QED) is 0.139. The number of halogens is 3. The third kappa shape index (κ3) is 10.3. The number of nitrogens with two attached hydrogens (primary N) is 1. The minimum atomic E-state index is -0.958. The van der Waals surface area contributed by atoms with Crippen LogP contribution in [-0.2, 0) is 39.0 Å². The van der Waals surface area contributed by atoms with Crippen LogP contribution in [0.4, 0.5) is 10.1 Å². The van der Waals surface area contributed by atoms with Gasteiger partial charge in [-0.2, -0.15) is 0 Å². The first-order valence-electron chi connectivity index (χ1n) is 15.2. The fourth-order valence-corrected chi connectivity index (χ4v) is 5.48. The summed E-state index contributed by atoms with van der Waals surface area (Å²) in [7, 11) is 1.90. The Morgan fingerprint density at radius 1 is 1.00 bits per heavy atom. The van der Waals surface area contributed by atoms with Gasteiger partial charge in [-0.1, -0.05) is 25.5 Å². The average molecular weight is 666 g/mol. The molecule has 3 aromatic rings. The zero-order valence-corrected chi connectivity index (χ0v) is 27.5. The number of nitrogens with one attached hydrogen (secondary N) is 2. The number of aromatic nitrogens is 2. The molecule has 0 saturated carbocycles. The predicted octanol–water partition coefficient (Wildman–Crippen LogP) is 3.83. The molecule has 0 saturated heterocycles. The highest BCUT2D eigenvalue weighted by Crippen LogP contribution is 2.23. The molecule has 10 nitrogen and oxygen atoms in total. The predicted molar refractivity (Wildman–Crippen MR) is 176 cm³/mol. The topological polar surface area (TPSA) is 132 Å². The van der Waals surface area contributed by atoms with E-state index in [1.54, 1.807) is 19.1 Å². The van der Waals surface area contributed by atoms with Gasteiger partial charge in [0.1, 0.15) is 23.7 Å². The van der Waals surface area contributed by atoms with E-state index in [9.17, 15) is 18.8 Å². The first-order valence-corrected chi connectivity index (χ1v) is 16.3. The molecule has 45 heavy (non-hydrogen) atoms. The van der Waals surface area contributed by atoms with Gasteiger partial charge in [0.15, 0.2) is 0 Å². The van der Waals surface area contributed by atoms with Crippen LogP contribution in [0.3, 0.4) is 0 Å². The van der Waals surface area contributed by atoms with Crippen LogP contribution in [0.5, 0.6) is 0 Å². The maximum atomic E-state index is 13.4. The van der Waals surface area contributed by atoms with Gasteiger partial charge < -0.3 is 30.6 Å². The van der Waals surface area contributed by atoms with E-state index in [2.05, 4.69) is 15.5 Å². The average Bonchev–Trinajstić information content (AvgIpc) is 3.34. The van der Waals surface area contributed by atoms with Crippen LogP contribution in [0.1, 0.15) is 44.5 Å². The number of rotatable bonds is 18. The lowest BCUT2D eigenvalue weighted by molar-refractivity contribution is -0.147. The first-order chi connectivity index (χ1) is 21.6. The number of hydrogen-bond acceptors (Lipinski definition) is 7. The van der Waals surface area contributed by atoms with E-state index < -0.39 is 35.9 Å². The Kier molecular flexibility index (Phi) is 14.4. The molecule has 0 fully saturated rings. The van der Waals surface area contributed by atoms with Crippen LogP contribution in [0, 0.1) is 5.82 Å². The van der Waals surface area contributed by atoms with Crippen LogP contribution in [0.2, 0.25) is 0 Å². The Labute approximate surface area is 273 Å². The van der Waals surface area contributed by atoms with Crippen LogP contribution in [-0.4, -0.2) is 76.9 Å². The van der Waals surface area contributed by atoms with Gasteiger partial charge in [0.2, 0.25) is 11.8 Å². The van der Waals surface area contributed by atoms with Gasteiger partial charge in [0, 0.05) is 44.0 Å². The lowest BCUT2D eigenvalue weighted by Crippen LogP contribution is -2.55. The second kappa shape index (κ2) is 17.9. The molecule has 0 radical (unpaired) electrons. The lowest BCUT2D eigenvalue weighted by Gasteiger charge is -2.23. The SMILES string of the molecule is CCC[C@@H](NC(=O)[C@@H](N)Cc1ccc(F)cc1)C(=O)N[C@@H](CCc1nc2cc(N(CCCl)CCCl)ccc2n1C)C(=O)OCC. The molecule has 0 unspecified atom stereocenters. The van der Waals surface area contributed by atoms with Crippen LogP contribution >= 0.6 is 23.2 Å². The molecule has 246 valence electrons. The second-order valence-electron chi connectivity index (χ2n) is 10.8. The summed E-state index contributed by atoms with van der Waals surface area (Å²) in [4.78, 5) is 46.1. The summed E-state index contributed by atoms with van der Waals surface area (Å²) in [6, 6.07) is 8.88. The number of imidazole rings is 1. The Morgan fingerprint density at radius 2 is 1.67 bits per heavy atom. The minimum Gasteiger partial charge on any atom is -0.464 e. The molecule has 2 amide bonds. The van der Waals surface area contributed by atoms with Gasteiger partial charge in [0.25, 0.3) is 0 Å². The van der Waals surface area contributed by atoms with Crippen LogP contribution in [0.25, 0.3) is 11.0 Å². The highest BCUT2D eigenvalue weighted by Gasteiger charge is 2.29. The summed E-state index contributed by atoms with van der Waals surface area (Å²) >= 11 is 12.0. The first kappa shape index (κ1) is 36.1. The van der Waals surface area contributed by atoms with E-state index in [4.69, 9.17) is 38.7 Å². The molecule has 0 spiro atoms. The molecular weight excluding hydrogens is 622 g/mol. The number of benzene rings is 2. The molecule has 1 heterocycles. The second-order valence-corrected chi connectivity index (χ2v) is 11.5. The third-order valence-corrected chi connectivity index (χ3v) is 7.83. The highest BCUT2D eigenvalue weighted by atomic mass is 35.5. The van der Waals surface area contributed by atoms with Gasteiger partial charge in [-0.25, -0.2) is 14.2 Å². The molecule has 0 aliphatic carbocycles. The number of amides is 2. The lowest BCUT2D eigenvalue weighted by atomic mass is 10.0. The molecule has 1 aromatic heterocycles. The molecule has 13 heteroatoms. The van der Waals surface area contributed by atoms with Crippen molar-refractivity contribution in [3.8, 4) is 0 Å². The fraction of sp³-hybridized carbons (Fsp3) is 0.500. The van der Waals surface area contributed by atoms with Gasteiger partial charge in [-0.05, 0) is 62.1 Å².